The zero-order chi connectivity index (χ0) is 27.0. The predicted molar refractivity (Wildman–Crippen MR) is 160 cm³/mol. The smallest absolute Gasteiger partial charge is 0.145 e. The normalized spacial score (nSPS) is 16.2. The molecule has 0 radical (unpaired) electrons. The van der Waals surface area contributed by atoms with Gasteiger partial charge in [0.25, 0.3) is 0 Å². The first-order chi connectivity index (χ1) is 19.2. The van der Waals surface area contributed by atoms with Gasteiger partial charge in [0.1, 0.15) is 28.0 Å². The number of benzene rings is 1. The molecule has 3 heterocycles. The minimum atomic E-state index is 0.228. The van der Waals surface area contributed by atoms with Crippen molar-refractivity contribution in [2.75, 3.05) is 31.5 Å². The number of anilines is 1. The summed E-state index contributed by atoms with van der Waals surface area (Å²) >= 11 is 9.18. The molecule has 2 aliphatic rings. The Morgan fingerprint density at radius 1 is 1.00 bits per heavy atom. The number of aromatic nitrogens is 2. The van der Waals surface area contributed by atoms with Gasteiger partial charge in [-0.05, 0) is 75.4 Å². The SMILES string of the molecule is N#Cc1c(NCCCN2CCCC2)nc(SCc2csc(-c3ccc(Cl)cc3)n2)c(C#N)c1C1CCCCC1. The van der Waals surface area contributed by atoms with Crippen molar-refractivity contribution in [1.82, 2.24) is 14.9 Å². The van der Waals surface area contributed by atoms with E-state index in [0.717, 1.165) is 67.0 Å². The van der Waals surface area contributed by atoms with Gasteiger partial charge in [-0.25, -0.2) is 9.97 Å². The maximum atomic E-state index is 10.3. The lowest BCUT2D eigenvalue weighted by Crippen LogP contribution is -2.22. The van der Waals surface area contributed by atoms with Gasteiger partial charge in [-0.3, -0.25) is 0 Å². The van der Waals surface area contributed by atoms with Crippen LogP contribution in [0.3, 0.4) is 0 Å². The minimum Gasteiger partial charge on any atom is -0.369 e. The molecule has 9 heteroatoms. The summed E-state index contributed by atoms with van der Waals surface area (Å²) in [6.45, 7) is 4.18. The van der Waals surface area contributed by atoms with Crippen LogP contribution in [-0.2, 0) is 5.75 Å². The topological polar surface area (TPSA) is 88.6 Å². The van der Waals surface area contributed by atoms with Crippen LogP contribution in [0.25, 0.3) is 10.6 Å². The van der Waals surface area contributed by atoms with E-state index >= 15 is 0 Å². The lowest BCUT2D eigenvalue weighted by atomic mass is 9.80. The first-order valence-corrected chi connectivity index (χ1v) is 16.1. The summed E-state index contributed by atoms with van der Waals surface area (Å²) in [6.07, 6.45) is 9.09. The summed E-state index contributed by atoms with van der Waals surface area (Å²) in [5, 5.41) is 28.4. The molecule has 3 aromatic rings. The Balaban J connectivity index is 1.38. The van der Waals surface area contributed by atoms with E-state index in [2.05, 4.69) is 27.7 Å². The third-order valence-corrected chi connectivity index (χ3v) is 9.78. The molecule has 0 amide bonds. The van der Waals surface area contributed by atoms with Gasteiger partial charge in [0.05, 0.1) is 16.8 Å². The number of likely N-dealkylation sites (tertiary alicyclic amines) is 1. The molecule has 1 aromatic carbocycles. The van der Waals surface area contributed by atoms with Crippen LogP contribution < -0.4 is 5.32 Å². The summed E-state index contributed by atoms with van der Waals surface area (Å²) in [4.78, 5) is 12.2. The quantitative estimate of drug-likeness (QED) is 0.194. The molecule has 6 nitrogen and oxygen atoms in total. The van der Waals surface area contributed by atoms with Crippen LogP contribution in [0.1, 0.15) is 79.7 Å². The Bertz CT molecular complexity index is 1350. The maximum Gasteiger partial charge on any atom is 0.145 e. The molecule has 0 bridgehead atoms. The second kappa shape index (κ2) is 13.6. The molecular formula is C30H33ClN6S2. The zero-order valence-corrected chi connectivity index (χ0v) is 24.5. The Morgan fingerprint density at radius 3 is 2.46 bits per heavy atom. The van der Waals surface area contributed by atoms with Crippen molar-refractivity contribution in [2.45, 2.75) is 68.1 Å². The molecule has 0 spiro atoms. The fraction of sp³-hybridized carbons (Fsp3) is 0.467. The molecule has 202 valence electrons. The van der Waals surface area contributed by atoms with Crippen LogP contribution >= 0.6 is 34.7 Å². The van der Waals surface area contributed by atoms with E-state index in [1.165, 1.54) is 44.1 Å². The van der Waals surface area contributed by atoms with E-state index in [4.69, 9.17) is 21.6 Å². The Kier molecular flexibility index (Phi) is 9.76. The molecule has 1 saturated carbocycles. The van der Waals surface area contributed by atoms with Gasteiger partial charge in [-0.1, -0.05) is 54.8 Å². The van der Waals surface area contributed by atoms with Crippen LogP contribution in [0.5, 0.6) is 0 Å². The predicted octanol–water partition coefficient (Wildman–Crippen LogP) is 7.84. The van der Waals surface area contributed by atoms with Crippen LogP contribution in [-0.4, -0.2) is 41.0 Å². The highest BCUT2D eigenvalue weighted by Gasteiger charge is 2.28. The third kappa shape index (κ3) is 6.94. The first-order valence-electron chi connectivity index (χ1n) is 13.8. The number of rotatable bonds is 10. The van der Waals surface area contributed by atoms with E-state index in [1.54, 1.807) is 11.3 Å². The average Bonchev–Trinajstić information content (AvgIpc) is 3.67. The van der Waals surface area contributed by atoms with Crippen LogP contribution in [0.15, 0.2) is 34.7 Å². The second-order valence-electron chi connectivity index (χ2n) is 10.3. The van der Waals surface area contributed by atoms with Crippen molar-refractivity contribution in [3.8, 4) is 22.7 Å². The molecule has 2 aromatic heterocycles. The fourth-order valence-corrected chi connectivity index (χ4v) is 7.54. The Hall–Kier alpha value is -2.62. The van der Waals surface area contributed by atoms with Gasteiger partial charge in [-0.15, -0.1) is 11.3 Å². The average molecular weight is 577 g/mol. The molecule has 5 rings (SSSR count). The standard InChI is InChI=1S/C30H33ClN6S2/c31-23-11-9-22(10-12-23)29-35-24(19-38-29)20-39-30-26(18-33)27(21-7-2-1-3-8-21)25(17-32)28(36-30)34-13-6-16-37-14-4-5-15-37/h9-12,19,21H,1-8,13-16,20H2,(H,34,36). The monoisotopic (exact) mass is 576 g/mol. The number of halogens is 1. The second-order valence-corrected chi connectivity index (χ2v) is 12.5. The van der Waals surface area contributed by atoms with E-state index < -0.39 is 0 Å². The highest BCUT2D eigenvalue weighted by molar-refractivity contribution is 7.98. The molecule has 0 unspecified atom stereocenters. The number of hydrogen-bond acceptors (Lipinski definition) is 8. The van der Waals surface area contributed by atoms with Crippen molar-refractivity contribution < 1.29 is 0 Å². The maximum absolute atomic E-state index is 10.3. The molecule has 0 atom stereocenters. The largest absolute Gasteiger partial charge is 0.369 e. The van der Waals surface area contributed by atoms with Crippen molar-refractivity contribution in [3.05, 3.63) is 57.1 Å². The number of thioether (sulfide) groups is 1. The summed E-state index contributed by atoms with van der Waals surface area (Å²) in [5.41, 5.74) is 4.01. The molecular weight excluding hydrogens is 544 g/mol. The summed E-state index contributed by atoms with van der Waals surface area (Å²) in [7, 11) is 0. The highest BCUT2D eigenvalue weighted by Crippen LogP contribution is 2.41. The van der Waals surface area contributed by atoms with Crippen molar-refractivity contribution in [2.24, 2.45) is 0 Å². The Labute approximate surface area is 244 Å². The number of hydrogen-bond donors (Lipinski definition) is 1. The van der Waals surface area contributed by atoms with Crippen LogP contribution in [0, 0.1) is 22.7 Å². The van der Waals surface area contributed by atoms with Gasteiger partial charge >= 0.3 is 0 Å². The van der Waals surface area contributed by atoms with E-state index in [1.807, 2.05) is 24.3 Å². The van der Waals surface area contributed by atoms with E-state index in [-0.39, 0.29) is 5.92 Å². The Morgan fingerprint density at radius 2 is 1.74 bits per heavy atom. The van der Waals surface area contributed by atoms with Gasteiger partial charge in [0.15, 0.2) is 0 Å². The van der Waals surface area contributed by atoms with Crippen molar-refractivity contribution in [1.29, 1.82) is 10.5 Å². The number of nitrogens with one attached hydrogen (secondary N) is 1. The third-order valence-electron chi connectivity index (χ3n) is 7.58. The van der Waals surface area contributed by atoms with Gasteiger partial charge < -0.3 is 10.2 Å². The van der Waals surface area contributed by atoms with Crippen molar-refractivity contribution in [3.63, 3.8) is 0 Å². The lowest BCUT2D eigenvalue weighted by Gasteiger charge is -2.26. The highest BCUT2D eigenvalue weighted by atomic mass is 35.5. The van der Waals surface area contributed by atoms with Crippen LogP contribution in [0.4, 0.5) is 5.82 Å². The molecule has 39 heavy (non-hydrogen) atoms. The van der Waals surface area contributed by atoms with Gasteiger partial charge in [0, 0.05) is 28.3 Å². The molecule has 2 fully saturated rings. The van der Waals surface area contributed by atoms with Crippen LogP contribution in [0.2, 0.25) is 5.02 Å². The first kappa shape index (κ1) is 27.9. The number of thiazole rings is 1. The van der Waals surface area contributed by atoms with E-state index in [0.29, 0.717) is 32.7 Å². The summed E-state index contributed by atoms with van der Waals surface area (Å²) in [5.74, 6) is 1.46. The molecule has 1 N–H and O–H groups in total. The molecule has 1 aliphatic carbocycles. The summed E-state index contributed by atoms with van der Waals surface area (Å²) in [6, 6.07) is 12.6. The van der Waals surface area contributed by atoms with Crippen molar-refractivity contribution >= 4 is 40.5 Å². The van der Waals surface area contributed by atoms with E-state index in [9.17, 15) is 10.5 Å². The molecule has 1 aliphatic heterocycles. The summed E-state index contributed by atoms with van der Waals surface area (Å²) < 4.78 is 0. The number of nitriles is 2. The number of nitrogens with zero attached hydrogens (tertiary/aromatic N) is 5. The minimum absolute atomic E-state index is 0.228. The fourth-order valence-electron chi connectivity index (χ4n) is 5.59. The lowest BCUT2D eigenvalue weighted by molar-refractivity contribution is 0.337. The van der Waals surface area contributed by atoms with Gasteiger partial charge in [0.2, 0.25) is 0 Å². The zero-order valence-electron chi connectivity index (χ0n) is 22.1. The van der Waals surface area contributed by atoms with Gasteiger partial charge in [-0.2, -0.15) is 10.5 Å². The molecule has 1 saturated heterocycles. The number of pyridine rings is 1.